The van der Waals surface area contributed by atoms with Crippen LogP contribution in [0.1, 0.15) is 94.9 Å². The van der Waals surface area contributed by atoms with E-state index in [1.165, 1.54) is 12.8 Å². The molecule has 0 spiro atoms. The number of carbonyl (C=O) groups is 2. The number of carbonyl (C=O) groups excluding carboxylic acids is 2. The van der Waals surface area contributed by atoms with Crippen molar-refractivity contribution in [2.75, 3.05) is 46.4 Å². The van der Waals surface area contributed by atoms with Crippen molar-refractivity contribution in [1.82, 2.24) is 14.7 Å². The second kappa shape index (κ2) is 12.4. The van der Waals surface area contributed by atoms with Crippen LogP contribution in [0.5, 0.6) is 0 Å². The summed E-state index contributed by atoms with van der Waals surface area (Å²) in [6.45, 7) is 26.2. The van der Waals surface area contributed by atoms with Crippen molar-refractivity contribution in [1.29, 1.82) is 0 Å². The van der Waals surface area contributed by atoms with Crippen LogP contribution in [0.4, 0.5) is 0 Å². The molecule has 3 saturated heterocycles. The Labute approximate surface area is 239 Å². The first kappa shape index (κ1) is 32.3. The lowest BCUT2D eigenvalue weighted by Gasteiger charge is -2.50. The van der Waals surface area contributed by atoms with E-state index >= 15 is 0 Å². The molecule has 3 rings (SSSR count). The molecule has 3 heterocycles. The van der Waals surface area contributed by atoms with Gasteiger partial charge in [0, 0.05) is 32.5 Å². The number of rotatable bonds is 7. The van der Waals surface area contributed by atoms with Gasteiger partial charge in [0.05, 0.1) is 31.0 Å². The van der Waals surface area contributed by atoms with Gasteiger partial charge in [-0.05, 0) is 68.0 Å². The third-order valence-electron chi connectivity index (χ3n) is 9.85. The fourth-order valence-electron chi connectivity index (χ4n) is 6.98. The first-order valence-corrected chi connectivity index (χ1v) is 15.4. The van der Waals surface area contributed by atoms with Gasteiger partial charge in [-0.3, -0.25) is 9.59 Å². The molecule has 0 N–H and O–H groups in total. The molecule has 7 nitrogen and oxygen atoms in total. The fraction of sp³-hybridized carbons (Fsp3) is 0.938. The third-order valence-corrected chi connectivity index (χ3v) is 9.85. The zero-order chi connectivity index (χ0) is 29.3. The largest absolute Gasteiger partial charge is 0.374 e. The Morgan fingerprint density at radius 2 is 1.49 bits per heavy atom. The molecule has 2 amide bonds. The van der Waals surface area contributed by atoms with Gasteiger partial charge in [0.15, 0.2) is 0 Å². The Morgan fingerprint density at radius 1 is 0.872 bits per heavy atom. The van der Waals surface area contributed by atoms with Crippen LogP contribution in [0.3, 0.4) is 0 Å². The number of morpholine rings is 2. The lowest BCUT2D eigenvalue weighted by atomic mass is 9.69. The van der Waals surface area contributed by atoms with E-state index in [1.54, 1.807) is 6.92 Å². The number of hydrogen-bond acceptors (Lipinski definition) is 5. The Bertz CT molecular complexity index is 841. The molecule has 0 radical (unpaired) electrons. The van der Waals surface area contributed by atoms with E-state index in [9.17, 15) is 9.59 Å². The zero-order valence-electron chi connectivity index (χ0n) is 27.0. The van der Waals surface area contributed by atoms with Crippen LogP contribution >= 0.6 is 0 Å². The maximum absolute atomic E-state index is 13.0. The van der Waals surface area contributed by atoms with Gasteiger partial charge < -0.3 is 24.2 Å². The van der Waals surface area contributed by atoms with Crippen molar-refractivity contribution < 1.29 is 19.1 Å². The predicted molar refractivity (Wildman–Crippen MR) is 157 cm³/mol. The van der Waals surface area contributed by atoms with E-state index in [4.69, 9.17) is 9.47 Å². The van der Waals surface area contributed by atoms with Gasteiger partial charge in [0.25, 0.3) is 0 Å². The van der Waals surface area contributed by atoms with Gasteiger partial charge in [-0.2, -0.15) is 0 Å². The van der Waals surface area contributed by atoms with E-state index in [-0.39, 0.29) is 58.3 Å². The summed E-state index contributed by atoms with van der Waals surface area (Å²) in [6.07, 6.45) is 4.05. The van der Waals surface area contributed by atoms with Gasteiger partial charge in [-0.25, -0.2) is 0 Å². The topological polar surface area (TPSA) is 62.3 Å². The number of hydrogen-bond donors (Lipinski definition) is 0. The summed E-state index contributed by atoms with van der Waals surface area (Å²) in [5.41, 5.74) is -0.104. The van der Waals surface area contributed by atoms with E-state index in [1.807, 2.05) is 18.7 Å². The number of amides is 2. The highest BCUT2D eigenvalue weighted by Crippen LogP contribution is 2.42. The lowest BCUT2D eigenvalue weighted by molar-refractivity contribution is -0.175. The lowest BCUT2D eigenvalue weighted by Crippen LogP contribution is -2.59. The van der Waals surface area contributed by atoms with Gasteiger partial charge >= 0.3 is 0 Å². The Kier molecular flexibility index (Phi) is 10.2. The van der Waals surface area contributed by atoms with E-state index in [2.05, 4.69) is 65.3 Å². The maximum Gasteiger partial charge on any atom is 0.225 e. The summed E-state index contributed by atoms with van der Waals surface area (Å²) in [5.74, 6) is 0.979. The van der Waals surface area contributed by atoms with Crippen molar-refractivity contribution in [3.63, 3.8) is 0 Å². The molecular formula is C32H59N3O4. The summed E-state index contributed by atoms with van der Waals surface area (Å²) >= 11 is 0. The van der Waals surface area contributed by atoms with Crippen LogP contribution in [-0.2, 0) is 19.1 Å². The van der Waals surface area contributed by atoms with E-state index in [0.29, 0.717) is 32.2 Å². The van der Waals surface area contributed by atoms with Gasteiger partial charge in [-0.15, -0.1) is 0 Å². The van der Waals surface area contributed by atoms with Crippen molar-refractivity contribution >= 4 is 11.8 Å². The summed E-state index contributed by atoms with van der Waals surface area (Å²) < 4.78 is 13.2. The number of likely N-dealkylation sites (tertiary alicyclic amines) is 1. The molecule has 0 saturated carbocycles. The second-order valence-electron chi connectivity index (χ2n) is 15.6. The standard InChI is InChI=1S/C32H59N3O4/c1-22(2)29(37)34-18-26(39-27(19-34)30(4,5)6)17-32(9,10)28-20-35(23(3)36)25(21-38-28)16-31(7,8)24-12-14-33(11)15-13-24/h22,24-28H,12-21H2,1-11H3. The maximum atomic E-state index is 13.0. The van der Waals surface area contributed by atoms with Crippen LogP contribution in [-0.4, -0.2) is 97.2 Å². The first-order chi connectivity index (χ1) is 17.9. The molecular weight excluding hydrogens is 490 g/mol. The van der Waals surface area contributed by atoms with Crippen molar-refractivity contribution in [3.8, 4) is 0 Å². The average molecular weight is 550 g/mol. The molecule has 3 aliphatic heterocycles. The molecule has 39 heavy (non-hydrogen) atoms. The Hall–Kier alpha value is -1.18. The molecule has 0 bridgehead atoms. The minimum Gasteiger partial charge on any atom is -0.374 e. The molecule has 0 aromatic carbocycles. The SMILES string of the molecule is CC(=O)N1CC(C(C)(C)CC2CN(C(=O)C(C)C)CC(C(C)(C)C)O2)OCC1CC(C)(C)C1CCN(C)CC1. The van der Waals surface area contributed by atoms with Gasteiger partial charge in [-0.1, -0.05) is 62.3 Å². The zero-order valence-corrected chi connectivity index (χ0v) is 27.0. The average Bonchev–Trinajstić information content (AvgIpc) is 2.82. The normalized spacial score (nSPS) is 28.7. The van der Waals surface area contributed by atoms with Crippen LogP contribution in [0.15, 0.2) is 0 Å². The van der Waals surface area contributed by atoms with Gasteiger partial charge in [0.2, 0.25) is 11.8 Å². The molecule has 0 aliphatic carbocycles. The summed E-state index contributed by atoms with van der Waals surface area (Å²) in [6, 6.07) is 0.111. The fourth-order valence-corrected chi connectivity index (χ4v) is 6.98. The molecule has 0 aromatic rings. The van der Waals surface area contributed by atoms with Crippen LogP contribution < -0.4 is 0 Å². The second-order valence-corrected chi connectivity index (χ2v) is 15.6. The minimum atomic E-state index is -0.209. The number of piperidine rings is 1. The summed E-state index contributed by atoms with van der Waals surface area (Å²) in [4.78, 5) is 32.4. The molecule has 0 aromatic heterocycles. The van der Waals surface area contributed by atoms with E-state index in [0.717, 1.165) is 25.9 Å². The number of ether oxygens (including phenoxy) is 2. The molecule has 4 atom stereocenters. The Morgan fingerprint density at radius 3 is 2.03 bits per heavy atom. The van der Waals surface area contributed by atoms with Crippen molar-refractivity contribution in [2.24, 2.45) is 28.1 Å². The van der Waals surface area contributed by atoms with Gasteiger partial charge in [0.1, 0.15) is 0 Å². The third kappa shape index (κ3) is 8.19. The molecule has 226 valence electrons. The van der Waals surface area contributed by atoms with Crippen LogP contribution in [0.2, 0.25) is 0 Å². The number of nitrogens with zero attached hydrogens (tertiary/aromatic N) is 3. The highest BCUT2D eigenvalue weighted by Gasteiger charge is 2.45. The molecule has 3 aliphatic rings. The molecule has 4 unspecified atom stereocenters. The van der Waals surface area contributed by atoms with Crippen molar-refractivity contribution in [2.45, 2.75) is 119 Å². The molecule has 3 fully saturated rings. The van der Waals surface area contributed by atoms with E-state index < -0.39 is 0 Å². The summed E-state index contributed by atoms with van der Waals surface area (Å²) in [5, 5.41) is 0. The quantitative estimate of drug-likeness (QED) is 0.444. The predicted octanol–water partition coefficient (Wildman–Crippen LogP) is 5.07. The first-order valence-electron chi connectivity index (χ1n) is 15.4. The monoisotopic (exact) mass is 549 g/mol. The highest BCUT2D eigenvalue weighted by atomic mass is 16.5. The van der Waals surface area contributed by atoms with Crippen LogP contribution in [0.25, 0.3) is 0 Å². The minimum absolute atomic E-state index is 0.0121. The Balaban J connectivity index is 1.68. The highest BCUT2D eigenvalue weighted by molar-refractivity contribution is 5.78. The molecule has 7 heteroatoms. The van der Waals surface area contributed by atoms with Crippen LogP contribution in [0, 0.1) is 28.1 Å². The summed E-state index contributed by atoms with van der Waals surface area (Å²) in [7, 11) is 2.21. The van der Waals surface area contributed by atoms with Crippen molar-refractivity contribution in [3.05, 3.63) is 0 Å². The smallest absolute Gasteiger partial charge is 0.225 e.